The van der Waals surface area contributed by atoms with Gasteiger partial charge in [-0.2, -0.15) is 0 Å². The number of benzene rings is 1. The highest BCUT2D eigenvalue weighted by molar-refractivity contribution is 5.24. The zero-order chi connectivity index (χ0) is 13.0. The highest BCUT2D eigenvalue weighted by Gasteiger charge is 2.00. The first-order chi connectivity index (χ1) is 8.66. The molecule has 1 heterocycles. The van der Waals surface area contributed by atoms with Crippen LogP contribution in [0.15, 0.2) is 42.6 Å². The maximum Gasteiger partial charge on any atom is 0.0362 e. The van der Waals surface area contributed by atoms with Gasteiger partial charge in [0, 0.05) is 32.0 Å². The van der Waals surface area contributed by atoms with Gasteiger partial charge in [-0.3, -0.25) is 0 Å². The summed E-state index contributed by atoms with van der Waals surface area (Å²) in [7, 11) is 2.08. The van der Waals surface area contributed by atoms with Gasteiger partial charge < -0.3 is 9.88 Å². The van der Waals surface area contributed by atoms with E-state index in [0.717, 1.165) is 13.1 Å². The molecule has 0 bridgehead atoms. The zero-order valence-corrected chi connectivity index (χ0v) is 11.5. The van der Waals surface area contributed by atoms with Gasteiger partial charge in [0.25, 0.3) is 0 Å². The lowest BCUT2D eigenvalue weighted by atomic mass is 10.0. The molecule has 2 aromatic rings. The number of hydrogen-bond acceptors (Lipinski definition) is 1. The summed E-state index contributed by atoms with van der Waals surface area (Å²) >= 11 is 0. The Morgan fingerprint density at radius 3 is 2.33 bits per heavy atom. The quantitative estimate of drug-likeness (QED) is 0.850. The Labute approximate surface area is 110 Å². The summed E-state index contributed by atoms with van der Waals surface area (Å²) in [5.41, 5.74) is 4.06. The van der Waals surface area contributed by atoms with Crippen LogP contribution in [0.25, 0.3) is 0 Å². The molecule has 1 N–H and O–H groups in total. The molecule has 18 heavy (non-hydrogen) atoms. The molecule has 0 aliphatic carbocycles. The Morgan fingerprint density at radius 2 is 1.78 bits per heavy atom. The van der Waals surface area contributed by atoms with Gasteiger partial charge in [0.15, 0.2) is 0 Å². The van der Waals surface area contributed by atoms with E-state index in [1.54, 1.807) is 0 Å². The van der Waals surface area contributed by atoms with Crippen molar-refractivity contribution < 1.29 is 0 Å². The van der Waals surface area contributed by atoms with E-state index in [1.165, 1.54) is 16.8 Å². The second kappa shape index (κ2) is 5.87. The largest absolute Gasteiger partial charge is 0.353 e. The minimum absolute atomic E-state index is 0.607. The molecule has 0 saturated heterocycles. The maximum absolute atomic E-state index is 3.47. The fraction of sp³-hybridized carbons (Fsp3) is 0.375. The molecule has 1 aromatic carbocycles. The SMILES string of the molecule is CC(C)c1ccc(CNCc2cccn2C)cc1. The van der Waals surface area contributed by atoms with Crippen LogP contribution in [-0.2, 0) is 20.1 Å². The topological polar surface area (TPSA) is 17.0 Å². The van der Waals surface area contributed by atoms with Gasteiger partial charge in [0.2, 0.25) is 0 Å². The van der Waals surface area contributed by atoms with Crippen molar-refractivity contribution in [3.63, 3.8) is 0 Å². The van der Waals surface area contributed by atoms with Crippen molar-refractivity contribution in [3.05, 3.63) is 59.4 Å². The van der Waals surface area contributed by atoms with E-state index in [4.69, 9.17) is 0 Å². The van der Waals surface area contributed by atoms with Crippen LogP contribution < -0.4 is 5.32 Å². The molecule has 0 aliphatic heterocycles. The Kier molecular flexibility index (Phi) is 4.21. The van der Waals surface area contributed by atoms with Crippen LogP contribution in [0.1, 0.15) is 36.6 Å². The van der Waals surface area contributed by atoms with Gasteiger partial charge in [-0.25, -0.2) is 0 Å². The third-order valence-electron chi connectivity index (χ3n) is 3.33. The lowest BCUT2D eigenvalue weighted by Gasteiger charge is -2.08. The molecule has 2 heteroatoms. The molecule has 96 valence electrons. The van der Waals surface area contributed by atoms with Crippen LogP contribution in [0, 0.1) is 0 Å². The van der Waals surface area contributed by atoms with Crippen LogP contribution in [0.3, 0.4) is 0 Å². The number of hydrogen-bond donors (Lipinski definition) is 1. The Morgan fingerprint density at radius 1 is 1.06 bits per heavy atom. The molecule has 1 aromatic heterocycles. The first kappa shape index (κ1) is 12.9. The van der Waals surface area contributed by atoms with Crippen LogP contribution >= 0.6 is 0 Å². The molecule has 0 amide bonds. The molecule has 0 unspecified atom stereocenters. The van der Waals surface area contributed by atoms with Gasteiger partial charge in [-0.05, 0) is 29.2 Å². The average molecular weight is 242 g/mol. The third-order valence-corrected chi connectivity index (χ3v) is 3.33. The number of nitrogens with one attached hydrogen (secondary N) is 1. The van der Waals surface area contributed by atoms with Crippen molar-refractivity contribution in [1.82, 2.24) is 9.88 Å². The molecule has 2 rings (SSSR count). The molecule has 0 saturated carbocycles. The monoisotopic (exact) mass is 242 g/mol. The first-order valence-corrected chi connectivity index (χ1v) is 6.56. The van der Waals surface area contributed by atoms with Crippen LogP contribution in [0.4, 0.5) is 0 Å². The molecule has 0 radical (unpaired) electrons. The highest BCUT2D eigenvalue weighted by Crippen LogP contribution is 2.14. The second-order valence-electron chi connectivity index (χ2n) is 5.11. The normalized spacial score (nSPS) is 11.1. The molecule has 0 spiro atoms. The van der Waals surface area contributed by atoms with Crippen LogP contribution in [0.5, 0.6) is 0 Å². The Hall–Kier alpha value is -1.54. The Balaban J connectivity index is 1.85. The average Bonchev–Trinajstić information content (AvgIpc) is 2.76. The van der Waals surface area contributed by atoms with Crippen molar-refractivity contribution in [2.45, 2.75) is 32.9 Å². The van der Waals surface area contributed by atoms with E-state index >= 15 is 0 Å². The van der Waals surface area contributed by atoms with Crippen molar-refractivity contribution in [2.75, 3.05) is 0 Å². The minimum Gasteiger partial charge on any atom is -0.353 e. The van der Waals surface area contributed by atoms with Crippen molar-refractivity contribution >= 4 is 0 Å². The molecule has 0 fully saturated rings. The van der Waals surface area contributed by atoms with E-state index in [0.29, 0.717) is 5.92 Å². The summed E-state index contributed by atoms with van der Waals surface area (Å²) in [5, 5.41) is 3.47. The van der Waals surface area contributed by atoms with Gasteiger partial charge >= 0.3 is 0 Å². The van der Waals surface area contributed by atoms with Crippen molar-refractivity contribution in [1.29, 1.82) is 0 Å². The lowest BCUT2D eigenvalue weighted by Crippen LogP contribution is -2.14. The summed E-state index contributed by atoms with van der Waals surface area (Å²) in [6, 6.07) is 13.1. The van der Waals surface area contributed by atoms with Crippen LogP contribution in [0.2, 0.25) is 0 Å². The standard InChI is InChI=1S/C16H22N2/c1-13(2)15-8-6-14(7-9-15)11-17-12-16-5-4-10-18(16)3/h4-10,13,17H,11-12H2,1-3H3. The molecular formula is C16H22N2. The minimum atomic E-state index is 0.607. The fourth-order valence-corrected chi connectivity index (χ4v) is 2.04. The summed E-state index contributed by atoms with van der Waals surface area (Å²) in [6.07, 6.45) is 2.08. The molecule has 0 atom stereocenters. The van der Waals surface area contributed by atoms with Gasteiger partial charge in [-0.1, -0.05) is 38.1 Å². The zero-order valence-electron chi connectivity index (χ0n) is 11.5. The lowest BCUT2D eigenvalue weighted by molar-refractivity contribution is 0.655. The summed E-state index contributed by atoms with van der Waals surface area (Å²) in [6.45, 7) is 6.28. The van der Waals surface area contributed by atoms with Crippen LogP contribution in [-0.4, -0.2) is 4.57 Å². The number of aromatic nitrogens is 1. The Bertz CT molecular complexity index is 480. The summed E-state index contributed by atoms with van der Waals surface area (Å²) in [4.78, 5) is 0. The van der Waals surface area contributed by atoms with Crippen molar-refractivity contribution in [3.8, 4) is 0 Å². The number of nitrogens with zero attached hydrogens (tertiary/aromatic N) is 1. The predicted octanol–water partition coefficient (Wildman–Crippen LogP) is 3.44. The van der Waals surface area contributed by atoms with Crippen molar-refractivity contribution in [2.24, 2.45) is 7.05 Å². The third kappa shape index (κ3) is 3.23. The van der Waals surface area contributed by atoms with E-state index in [-0.39, 0.29) is 0 Å². The van der Waals surface area contributed by atoms with E-state index < -0.39 is 0 Å². The highest BCUT2D eigenvalue weighted by atomic mass is 15.0. The summed E-state index contributed by atoms with van der Waals surface area (Å²) < 4.78 is 2.15. The van der Waals surface area contributed by atoms with Gasteiger partial charge in [-0.15, -0.1) is 0 Å². The van der Waals surface area contributed by atoms with Gasteiger partial charge in [0.05, 0.1) is 0 Å². The first-order valence-electron chi connectivity index (χ1n) is 6.56. The van der Waals surface area contributed by atoms with E-state index in [2.05, 4.69) is 73.4 Å². The van der Waals surface area contributed by atoms with E-state index in [1.807, 2.05) is 0 Å². The fourth-order valence-electron chi connectivity index (χ4n) is 2.04. The predicted molar refractivity (Wildman–Crippen MR) is 76.5 cm³/mol. The number of rotatable bonds is 5. The van der Waals surface area contributed by atoms with Gasteiger partial charge in [0.1, 0.15) is 0 Å². The second-order valence-corrected chi connectivity index (χ2v) is 5.11. The molecule has 0 aliphatic rings. The maximum atomic E-state index is 3.47. The van der Waals surface area contributed by atoms with E-state index in [9.17, 15) is 0 Å². The smallest absolute Gasteiger partial charge is 0.0362 e. The molecular weight excluding hydrogens is 220 g/mol. The molecule has 2 nitrogen and oxygen atoms in total. The summed E-state index contributed by atoms with van der Waals surface area (Å²) in [5.74, 6) is 0.607. The number of aryl methyl sites for hydroxylation is 1.